The van der Waals surface area contributed by atoms with E-state index in [-0.39, 0.29) is 22.7 Å². The zero-order chi connectivity index (χ0) is 20.1. The van der Waals surface area contributed by atoms with Crippen molar-refractivity contribution in [2.45, 2.75) is 39.3 Å². The minimum Gasteiger partial charge on any atom is -0.493 e. The summed E-state index contributed by atoms with van der Waals surface area (Å²) < 4.78 is 15.3. The van der Waals surface area contributed by atoms with Gasteiger partial charge in [0.05, 0.1) is 29.7 Å². The van der Waals surface area contributed by atoms with E-state index in [9.17, 15) is 19.7 Å². The lowest BCUT2D eigenvalue weighted by molar-refractivity contribution is -0.385. The summed E-state index contributed by atoms with van der Waals surface area (Å²) in [5, 5.41) is 22.6. The number of carboxylic acid groups (broad SMARTS) is 1. The second-order valence-electron chi connectivity index (χ2n) is 6.37. The molecule has 0 heterocycles. The van der Waals surface area contributed by atoms with Crippen LogP contribution in [0.2, 0.25) is 0 Å². The average Bonchev–Trinajstić information content (AvgIpc) is 2.49. The first-order valence-corrected chi connectivity index (χ1v) is 7.65. The molecule has 0 saturated heterocycles. The zero-order valence-corrected chi connectivity index (χ0v) is 15.2. The normalized spacial score (nSPS) is 12.0. The Morgan fingerprint density at radius 2 is 1.92 bits per heavy atom. The molecule has 1 aromatic rings. The molecule has 1 aromatic carbocycles. The molecule has 10 heteroatoms. The number of methoxy groups -OCH3 is 1. The highest BCUT2D eigenvalue weighted by molar-refractivity contribution is 5.70. The number of aliphatic carboxylic acids is 1. The number of alkyl carbamates (subject to hydrolysis) is 1. The van der Waals surface area contributed by atoms with Gasteiger partial charge in [0.1, 0.15) is 5.60 Å². The van der Waals surface area contributed by atoms with Gasteiger partial charge in [-0.15, -0.1) is 0 Å². The van der Waals surface area contributed by atoms with Crippen LogP contribution < -0.4 is 14.8 Å². The lowest BCUT2D eigenvalue weighted by atomic mass is 10.1. The highest BCUT2D eigenvalue weighted by Crippen LogP contribution is 2.37. The predicted molar refractivity (Wildman–Crippen MR) is 90.6 cm³/mol. The Morgan fingerprint density at radius 1 is 1.31 bits per heavy atom. The van der Waals surface area contributed by atoms with E-state index in [4.69, 9.17) is 19.3 Å². The van der Waals surface area contributed by atoms with Crippen LogP contribution in [0.1, 0.15) is 39.3 Å². The van der Waals surface area contributed by atoms with Gasteiger partial charge in [0.25, 0.3) is 5.69 Å². The Morgan fingerprint density at radius 3 is 2.38 bits per heavy atom. The third-order valence-electron chi connectivity index (χ3n) is 3.06. The van der Waals surface area contributed by atoms with E-state index < -0.39 is 35.2 Å². The topological polar surface area (TPSA) is 137 Å². The van der Waals surface area contributed by atoms with Crippen molar-refractivity contribution in [2.75, 3.05) is 13.7 Å². The number of hydrogen-bond donors (Lipinski definition) is 2. The molecule has 10 nitrogen and oxygen atoms in total. The molecule has 1 amide bonds. The quantitative estimate of drug-likeness (QED) is 0.552. The molecule has 0 aromatic heterocycles. The summed E-state index contributed by atoms with van der Waals surface area (Å²) >= 11 is 0. The molecule has 2 N–H and O–H groups in total. The first-order chi connectivity index (χ1) is 11.9. The van der Waals surface area contributed by atoms with Crippen LogP contribution >= 0.6 is 0 Å². The summed E-state index contributed by atoms with van der Waals surface area (Å²) in [6.07, 6.45) is -0.732. The molecule has 0 radical (unpaired) electrons. The van der Waals surface area contributed by atoms with Crippen LogP contribution in [0.15, 0.2) is 12.1 Å². The van der Waals surface area contributed by atoms with Crippen molar-refractivity contribution in [1.29, 1.82) is 0 Å². The second kappa shape index (κ2) is 8.37. The standard InChI is InChI=1S/C16H22N2O8/c1-9(17-15(21)26-16(2,3)4)10-6-12(24-5)13(25-8-14(19)20)7-11(10)18(22)23/h6-7,9H,8H2,1-5H3,(H,17,21)(H,19,20). The lowest BCUT2D eigenvalue weighted by Crippen LogP contribution is -2.34. The number of nitro groups is 1. The molecule has 1 unspecified atom stereocenters. The van der Waals surface area contributed by atoms with E-state index in [1.807, 2.05) is 0 Å². The van der Waals surface area contributed by atoms with Gasteiger partial charge in [-0.3, -0.25) is 10.1 Å². The molecule has 0 saturated carbocycles. The van der Waals surface area contributed by atoms with E-state index in [1.165, 1.54) is 13.2 Å². The van der Waals surface area contributed by atoms with Crippen molar-refractivity contribution in [3.8, 4) is 11.5 Å². The average molecular weight is 370 g/mol. The van der Waals surface area contributed by atoms with Crippen LogP contribution in [0, 0.1) is 10.1 Å². The molecule has 0 bridgehead atoms. The summed E-state index contributed by atoms with van der Waals surface area (Å²) in [7, 11) is 1.31. The monoisotopic (exact) mass is 370 g/mol. The number of nitro benzene ring substituents is 1. The zero-order valence-electron chi connectivity index (χ0n) is 15.2. The van der Waals surface area contributed by atoms with E-state index in [0.29, 0.717) is 0 Å². The summed E-state index contributed by atoms with van der Waals surface area (Å²) in [6, 6.07) is 1.61. The molecule has 0 aliphatic rings. The molecule has 1 rings (SSSR count). The number of nitrogens with zero attached hydrogens (tertiary/aromatic N) is 1. The van der Waals surface area contributed by atoms with Crippen LogP contribution in [0.4, 0.5) is 10.5 Å². The molecule has 0 spiro atoms. The van der Waals surface area contributed by atoms with Crippen molar-refractivity contribution in [3.05, 3.63) is 27.8 Å². The minimum atomic E-state index is -1.24. The highest BCUT2D eigenvalue weighted by Gasteiger charge is 2.26. The van der Waals surface area contributed by atoms with Crippen molar-refractivity contribution in [1.82, 2.24) is 5.32 Å². The maximum Gasteiger partial charge on any atom is 0.408 e. The fourth-order valence-corrected chi connectivity index (χ4v) is 2.04. The summed E-state index contributed by atoms with van der Waals surface area (Å²) in [6.45, 7) is 5.94. The van der Waals surface area contributed by atoms with Gasteiger partial charge in [-0.1, -0.05) is 0 Å². The molecular formula is C16H22N2O8. The molecular weight excluding hydrogens is 348 g/mol. The van der Waals surface area contributed by atoms with E-state index in [2.05, 4.69) is 5.32 Å². The van der Waals surface area contributed by atoms with Gasteiger partial charge < -0.3 is 24.6 Å². The molecule has 144 valence electrons. The Balaban J connectivity index is 3.18. The number of carboxylic acids is 1. The summed E-state index contributed by atoms with van der Waals surface area (Å²) in [4.78, 5) is 33.3. The van der Waals surface area contributed by atoms with Gasteiger partial charge in [0.2, 0.25) is 0 Å². The molecule has 0 fully saturated rings. The highest BCUT2D eigenvalue weighted by atomic mass is 16.6. The first kappa shape index (κ1) is 21.0. The third kappa shape index (κ3) is 6.11. The largest absolute Gasteiger partial charge is 0.493 e. The van der Waals surface area contributed by atoms with Crippen LogP contribution in [0.5, 0.6) is 11.5 Å². The minimum absolute atomic E-state index is 0.0881. The van der Waals surface area contributed by atoms with Crippen LogP contribution in [-0.2, 0) is 9.53 Å². The number of carbonyl (C=O) groups excluding carboxylic acids is 1. The van der Waals surface area contributed by atoms with E-state index >= 15 is 0 Å². The third-order valence-corrected chi connectivity index (χ3v) is 3.06. The molecule has 26 heavy (non-hydrogen) atoms. The van der Waals surface area contributed by atoms with Crippen molar-refractivity contribution in [3.63, 3.8) is 0 Å². The number of amides is 1. The van der Waals surface area contributed by atoms with E-state index in [0.717, 1.165) is 6.07 Å². The summed E-state index contributed by atoms with van der Waals surface area (Å²) in [5.41, 5.74) is -0.919. The van der Waals surface area contributed by atoms with Crippen LogP contribution in [-0.4, -0.2) is 41.4 Å². The van der Waals surface area contributed by atoms with Gasteiger partial charge in [0.15, 0.2) is 18.1 Å². The van der Waals surface area contributed by atoms with E-state index in [1.54, 1.807) is 27.7 Å². The number of carbonyl (C=O) groups is 2. The SMILES string of the molecule is COc1cc(C(C)NC(=O)OC(C)(C)C)c([N+](=O)[O-])cc1OCC(=O)O. The number of nitrogens with one attached hydrogen (secondary N) is 1. The van der Waals surface area contributed by atoms with Crippen molar-refractivity contribution < 1.29 is 33.8 Å². The number of hydrogen-bond acceptors (Lipinski definition) is 7. The molecule has 0 aliphatic heterocycles. The van der Waals surface area contributed by atoms with Crippen LogP contribution in [0.3, 0.4) is 0 Å². The fraction of sp³-hybridized carbons (Fsp3) is 0.500. The number of benzene rings is 1. The molecule has 0 aliphatic carbocycles. The van der Waals surface area contributed by atoms with Crippen LogP contribution in [0.25, 0.3) is 0 Å². The van der Waals surface area contributed by atoms with Crippen molar-refractivity contribution in [2.24, 2.45) is 0 Å². The van der Waals surface area contributed by atoms with Gasteiger partial charge in [-0.05, 0) is 33.8 Å². The predicted octanol–water partition coefficient (Wildman–Crippen LogP) is 2.65. The Labute approximate surface area is 150 Å². The number of rotatable bonds is 7. The Kier molecular flexibility index (Phi) is 6.76. The van der Waals surface area contributed by atoms with Gasteiger partial charge >= 0.3 is 12.1 Å². The van der Waals surface area contributed by atoms with Gasteiger partial charge in [-0.2, -0.15) is 0 Å². The lowest BCUT2D eigenvalue weighted by Gasteiger charge is -2.22. The Bertz CT molecular complexity index is 696. The fourth-order valence-electron chi connectivity index (χ4n) is 2.04. The first-order valence-electron chi connectivity index (χ1n) is 7.65. The molecule has 1 atom stereocenters. The Hall–Kier alpha value is -3.04. The number of ether oxygens (including phenoxy) is 3. The maximum absolute atomic E-state index is 11.9. The van der Waals surface area contributed by atoms with Gasteiger partial charge in [-0.25, -0.2) is 9.59 Å². The van der Waals surface area contributed by atoms with Gasteiger partial charge in [0, 0.05) is 0 Å². The smallest absolute Gasteiger partial charge is 0.408 e. The summed E-state index contributed by atoms with van der Waals surface area (Å²) in [5.74, 6) is -1.22. The maximum atomic E-state index is 11.9. The van der Waals surface area contributed by atoms with Crippen molar-refractivity contribution >= 4 is 17.7 Å². The second-order valence-corrected chi connectivity index (χ2v) is 6.37.